The average molecular weight is 380 g/mol. The second-order valence-electron chi connectivity index (χ2n) is 6.16. The predicted molar refractivity (Wildman–Crippen MR) is 104 cm³/mol. The molecule has 1 amide bonds. The maximum atomic E-state index is 13.2. The van der Waals surface area contributed by atoms with Gasteiger partial charge >= 0.3 is 0 Å². The Hall–Kier alpha value is -3.06. The molecule has 27 heavy (non-hydrogen) atoms. The second kappa shape index (κ2) is 7.28. The van der Waals surface area contributed by atoms with Crippen LogP contribution in [0.15, 0.2) is 54.2 Å². The first-order valence-electron chi connectivity index (χ1n) is 8.58. The van der Waals surface area contributed by atoms with Crippen molar-refractivity contribution in [2.24, 2.45) is 0 Å². The van der Waals surface area contributed by atoms with E-state index in [0.717, 1.165) is 17.7 Å². The fourth-order valence-electron chi connectivity index (χ4n) is 2.81. The SMILES string of the molecule is CCc1ccc(-c2csc(NC(=O)Cc3cn4cc(F)ccc4n3)n2)cc1. The molecule has 3 aromatic heterocycles. The number of carbonyl (C=O) groups excluding carboxylic acids is 1. The summed E-state index contributed by atoms with van der Waals surface area (Å²) >= 11 is 1.38. The van der Waals surface area contributed by atoms with Crippen LogP contribution in [0.4, 0.5) is 9.52 Å². The number of imidazole rings is 1. The van der Waals surface area contributed by atoms with Crippen molar-refractivity contribution in [2.45, 2.75) is 19.8 Å². The number of nitrogens with one attached hydrogen (secondary N) is 1. The molecule has 0 saturated heterocycles. The van der Waals surface area contributed by atoms with E-state index in [2.05, 4.69) is 34.3 Å². The topological polar surface area (TPSA) is 59.3 Å². The molecule has 0 aliphatic heterocycles. The lowest BCUT2D eigenvalue weighted by atomic mass is 10.1. The molecular formula is C20H17FN4OS. The molecule has 5 nitrogen and oxygen atoms in total. The van der Waals surface area contributed by atoms with Crippen molar-refractivity contribution < 1.29 is 9.18 Å². The monoisotopic (exact) mass is 380 g/mol. The number of aromatic nitrogens is 3. The first-order chi connectivity index (χ1) is 13.1. The molecule has 3 heterocycles. The number of carbonyl (C=O) groups is 1. The number of amides is 1. The third-order valence-electron chi connectivity index (χ3n) is 4.22. The Bertz CT molecular complexity index is 1100. The van der Waals surface area contributed by atoms with E-state index in [9.17, 15) is 9.18 Å². The van der Waals surface area contributed by atoms with Gasteiger partial charge in [-0.25, -0.2) is 14.4 Å². The highest BCUT2D eigenvalue weighted by molar-refractivity contribution is 7.14. The maximum Gasteiger partial charge on any atom is 0.232 e. The summed E-state index contributed by atoms with van der Waals surface area (Å²) in [4.78, 5) is 21.1. The highest BCUT2D eigenvalue weighted by Gasteiger charge is 2.11. The number of hydrogen-bond acceptors (Lipinski definition) is 4. The number of nitrogens with zero attached hydrogens (tertiary/aromatic N) is 3. The number of pyridine rings is 1. The third-order valence-corrected chi connectivity index (χ3v) is 4.97. The molecular weight excluding hydrogens is 363 g/mol. The van der Waals surface area contributed by atoms with Gasteiger partial charge in [-0.2, -0.15) is 0 Å². The van der Waals surface area contributed by atoms with Gasteiger partial charge in [-0.3, -0.25) is 4.79 Å². The molecule has 0 radical (unpaired) electrons. The van der Waals surface area contributed by atoms with Crippen LogP contribution in [0, 0.1) is 5.82 Å². The quantitative estimate of drug-likeness (QED) is 0.560. The Morgan fingerprint density at radius 1 is 1.15 bits per heavy atom. The van der Waals surface area contributed by atoms with Gasteiger partial charge in [0, 0.05) is 23.3 Å². The lowest BCUT2D eigenvalue weighted by Gasteiger charge is -2.00. The van der Waals surface area contributed by atoms with E-state index in [0.29, 0.717) is 16.5 Å². The largest absolute Gasteiger partial charge is 0.304 e. The number of anilines is 1. The van der Waals surface area contributed by atoms with E-state index >= 15 is 0 Å². The van der Waals surface area contributed by atoms with E-state index in [-0.39, 0.29) is 18.1 Å². The molecule has 1 aromatic carbocycles. The summed E-state index contributed by atoms with van der Waals surface area (Å²) in [5.41, 5.74) is 4.30. The molecule has 0 atom stereocenters. The molecule has 4 rings (SSSR count). The van der Waals surface area contributed by atoms with Gasteiger partial charge in [-0.1, -0.05) is 31.2 Å². The summed E-state index contributed by atoms with van der Waals surface area (Å²) in [5.74, 6) is -0.556. The van der Waals surface area contributed by atoms with E-state index in [1.807, 2.05) is 17.5 Å². The molecule has 0 saturated carbocycles. The van der Waals surface area contributed by atoms with Gasteiger partial charge < -0.3 is 9.72 Å². The molecule has 0 bridgehead atoms. The Balaban J connectivity index is 1.43. The van der Waals surface area contributed by atoms with E-state index in [1.54, 1.807) is 16.7 Å². The van der Waals surface area contributed by atoms with Crippen molar-refractivity contribution in [3.63, 3.8) is 0 Å². The van der Waals surface area contributed by atoms with Crippen LogP contribution in [0.1, 0.15) is 18.2 Å². The molecule has 0 spiro atoms. The highest BCUT2D eigenvalue weighted by Crippen LogP contribution is 2.25. The van der Waals surface area contributed by atoms with Gasteiger partial charge in [-0.05, 0) is 24.1 Å². The van der Waals surface area contributed by atoms with Crippen LogP contribution >= 0.6 is 11.3 Å². The van der Waals surface area contributed by atoms with Crippen molar-refractivity contribution in [3.8, 4) is 11.3 Å². The highest BCUT2D eigenvalue weighted by atomic mass is 32.1. The number of fused-ring (bicyclic) bond motifs is 1. The second-order valence-corrected chi connectivity index (χ2v) is 7.02. The summed E-state index contributed by atoms with van der Waals surface area (Å²) in [6, 6.07) is 11.2. The normalized spacial score (nSPS) is 11.0. The number of rotatable bonds is 5. The Kier molecular flexibility index (Phi) is 4.68. The minimum absolute atomic E-state index is 0.101. The van der Waals surface area contributed by atoms with Gasteiger partial charge in [0.25, 0.3) is 0 Å². The third kappa shape index (κ3) is 3.88. The van der Waals surface area contributed by atoms with Gasteiger partial charge in [0.05, 0.1) is 17.8 Å². The van der Waals surface area contributed by atoms with E-state index in [1.165, 1.54) is 29.2 Å². The molecule has 4 aromatic rings. The standard InChI is InChI=1S/C20H17FN4OS/c1-2-13-3-5-14(6-4-13)17-12-27-20(23-17)24-19(26)9-16-11-25-10-15(21)7-8-18(25)22-16/h3-8,10-12H,2,9H2,1H3,(H,23,24,26). The van der Waals surface area contributed by atoms with Gasteiger partial charge in [0.2, 0.25) is 5.91 Å². The first kappa shape index (κ1) is 17.4. The van der Waals surface area contributed by atoms with Gasteiger partial charge in [0.15, 0.2) is 5.13 Å². The van der Waals surface area contributed by atoms with E-state index < -0.39 is 0 Å². The summed E-state index contributed by atoms with van der Waals surface area (Å²) in [7, 11) is 0. The molecule has 1 N–H and O–H groups in total. The number of thiazole rings is 1. The molecule has 7 heteroatoms. The minimum atomic E-state index is -0.349. The number of halogens is 1. The van der Waals surface area contributed by atoms with Gasteiger partial charge in [-0.15, -0.1) is 11.3 Å². The number of aryl methyl sites for hydroxylation is 1. The zero-order valence-electron chi connectivity index (χ0n) is 14.6. The van der Waals surface area contributed by atoms with Crippen LogP contribution in [-0.2, 0) is 17.6 Å². The minimum Gasteiger partial charge on any atom is -0.304 e. The molecule has 0 aliphatic rings. The van der Waals surface area contributed by atoms with Crippen LogP contribution < -0.4 is 5.32 Å². The summed E-state index contributed by atoms with van der Waals surface area (Å²) in [6.07, 6.45) is 4.08. The summed E-state index contributed by atoms with van der Waals surface area (Å²) < 4.78 is 14.8. The summed E-state index contributed by atoms with van der Waals surface area (Å²) in [6.45, 7) is 2.12. The molecule has 136 valence electrons. The van der Waals surface area contributed by atoms with Gasteiger partial charge in [0.1, 0.15) is 11.5 Å². The zero-order chi connectivity index (χ0) is 18.8. The lowest BCUT2D eigenvalue weighted by molar-refractivity contribution is -0.115. The maximum absolute atomic E-state index is 13.2. The van der Waals surface area contributed by atoms with Crippen LogP contribution in [0.2, 0.25) is 0 Å². The van der Waals surface area contributed by atoms with Crippen molar-refractivity contribution in [1.82, 2.24) is 14.4 Å². The van der Waals surface area contributed by atoms with E-state index in [4.69, 9.17) is 0 Å². The van der Waals surface area contributed by atoms with Crippen molar-refractivity contribution in [1.29, 1.82) is 0 Å². The Morgan fingerprint density at radius 2 is 1.96 bits per heavy atom. The van der Waals surface area contributed by atoms with Crippen molar-refractivity contribution in [3.05, 3.63) is 71.2 Å². The molecule has 0 aliphatic carbocycles. The lowest BCUT2D eigenvalue weighted by Crippen LogP contribution is -2.14. The summed E-state index contributed by atoms with van der Waals surface area (Å²) in [5, 5.41) is 5.27. The number of hydrogen-bond donors (Lipinski definition) is 1. The average Bonchev–Trinajstić information content (AvgIpc) is 3.27. The van der Waals surface area contributed by atoms with Crippen molar-refractivity contribution >= 4 is 28.0 Å². The Labute approximate surface area is 159 Å². The fraction of sp³-hybridized carbons (Fsp3) is 0.150. The Morgan fingerprint density at radius 3 is 2.74 bits per heavy atom. The van der Waals surface area contributed by atoms with Crippen molar-refractivity contribution in [2.75, 3.05) is 5.32 Å². The first-order valence-corrected chi connectivity index (χ1v) is 9.46. The number of benzene rings is 1. The van der Waals surface area contributed by atoms with Crippen LogP contribution in [0.5, 0.6) is 0 Å². The molecule has 0 fully saturated rings. The van der Waals surface area contributed by atoms with Crippen LogP contribution in [0.3, 0.4) is 0 Å². The zero-order valence-corrected chi connectivity index (χ0v) is 15.5. The van der Waals surface area contributed by atoms with Crippen LogP contribution in [-0.4, -0.2) is 20.3 Å². The smallest absolute Gasteiger partial charge is 0.232 e. The fourth-order valence-corrected chi connectivity index (χ4v) is 3.54. The van der Waals surface area contributed by atoms with Crippen LogP contribution in [0.25, 0.3) is 16.9 Å². The molecule has 0 unspecified atom stereocenters. The predicted octanol–water partition coefficient (Wildman–Crippen LogP) is 4.34.